The average molecular weight is 347 g/mol. The van der Waals surface area contributed by atoms with Crippen LogP contribution in [-0.2, 0) is 15.4 Å². The molecule has 0 spiro atoms. The number of rotatable bonds is 5. The van der Waals surface area contributed by atoms with Crippen molar-refractivity contribution in [1.82, 2.24) is 10.0 Å². The van der Waals surface area contributed by atoms with E-state index in [1.165, 1.54) is 6.42 Å². The van der Waals surface area contributed by atoms with Crippen molar-refractivity contribution >= 4 is 22.4 Å². The number of hydrogen-bond donors (Lipinski definition) is 2. The molecule has 1 saturated heterocycles. The van der Waals surface area contributed by atoms with E-state index >= 15 is 0 Å². The van der Waals surface area contributed by atoms with Gasteiger partial charge in [0.1, 0.15) is 0 Å². The molecule has 0 amide bonds. The molecule has 1 aliphatic heterocycles. The molecule has 4 nitrogen and oxygen atoms in total. The molecule has 126 valence electrons. The van der Waals surface area contributed by atoms with E-state index in [9.17, 15) is 8.42 Å². The summed E-state index contributed by atoms with van der Waals surface area (Å²) >= 11 is 0. The fraction of sp³-hybridized carbons (Fsp3) is 0.625. The molecule has 0 aromatic heterocycles. The largest absolute Gasteiger partial charge is 0.314 e. The summed E-state index contributed by atoms with van der Waals surface area (Å²) < 4.78 is 27.2. The van der Waals surface area contributed by atoms with Gasteiger partial charge in [0.25, 0.3) is 0 Å². The van der Waals surface area contributed by atoms with Gasteiger partial charge in [-0.1, -0.05) is 32.9 Å². The second-order valence-corrected chi connectivity index (χ2v) is 8.52. The summed E-state index contributed by atoms with van der Waals surface area (Å²) in [5.41, 5.74) is 1.17. The Labute approximate surface area is 140 Å². The maximum absolute atomic E-state index is 12.2. The van der Waals surface area contributed by atoms with E-state index in [0.717, 1.165) is 24.9 Å². The lowest BCUT2D eigenvalue weighted by molar-refractivity contribution is 0.539. The molecular formula is C16H27ClN2O2S. The standard InChI is InChI=1S/C16H26N2O2S.ClH/c1-16(2,3)13-6-8-15(9-7-13)21(19,20)18-12-10-14-5-4-11-17-14;/h6-9,14,17-18H,4-5,10-12H2,1-3H3;1H/t14-;/m1./s1. The van der Waals surface area contributed by atoms with Gasteiger partial charge in [-0.15, -0.1) is 12.4 Å². The number of benzene rings is 1. The average Bonchev–Trinajstić information content (AvgIpc) is 2.91. The first-order chi connectivity index (χ1) is 9.79. The molecule has 0 aliphatic carbocycles. The molecule has 0 saturated carbocycles. The minimum Gasteiger partial charge on any atom is -0.314 e. The van der Waals surface area contributed by atoms with Crippen LogP contribution in [0.2, 0.25) is 0 Å². The number of nitrogens with one attached hydrogen (secondary N) is 2. The third-order valence-corrected chi connectivity index (χ3v) is 5.45. The molecule has 6 heteroatoms. The molecule has 1 fully saturated rings. The zero-order valence-corrected chi connectivity index (χ0v) is 15.2. The quantitative estimate of drug-likeness (QED) is 0.861. The van der Waals surface area contributed by atoms with Crippen molar-refractivity contribution in [2.24, 2.45) is 0 Å². The molecule has 1 aromatic rings. The molecule has 0 bridgehead atoms. The summed E-state index contributed by atoms with van der Waals surface area (Å²) in [6.07, 6.45) is 3.17. The van der Waals surface area contributed by atoms with Crippen molar-refractivity contribution in [2.75, 3.05) is 13.1 Å². The van der Waals surface area contributed by atoms with Crippen LogP contribution in [0.25, 0.3) is 0 Å². The van der Waals surface area contributed by atoms with Crippen LogP contribution in [0.4, 0.5) is 0 Å². The van der Waals surface area contributed by atoms with Gasteiger partial charge >= 0.3 is 0 Å². The van der Waals surface area contributed by atoms with Crippen molar-refractivity contribution in [3.05, 3.63) is 29.8 Å². The lowest BCUT2D eigenvalue weighted by Crippen LogP contribution is -2.30. The lowest BCUT2D eigenvalue weighted by Gasteiger charge is -2.19. The van der Waals surface area contributed by atoms with Crippen LogP contribution < -0.4 is 10.0 Å². The number of halogens is 1. The van der Waals surface area contributed by atoms with E-state index < -0.39 is 10.0 Å². The molecule has 2 N–H and O–H groups in total. The van der Waals surface area contributed by atoms with Crippen LogP contribution >= 0.6 is 12.4 Å². The van der Waals surface area contributed by atoms with Crippen LogP contribution in [-0.4, -0.2) is 27.5 Å². The van der Waals surface area contributed by atoms with Crippen LogP contribution in [0, 0.1) is 0 Å². The van der Waals surface area contributed by atoms with Gasteiger partial charge in [-0.05, 0) is 48.9 Å². The van der Waals surface area contributed by atoms with Crippen molar-refractivity contribution < 1.29 is 8.42 Å². The van der Waals surface area contributed by atoms with Crippen molar-refractivity contribution in [3.8, 4) is 0 Å². The Kier molecular flexibility index (Phi) is 6.86. The zero-order chi connectivity index (χ0) is 15.5. The number of sulfonamides is 1. The van der Waals surface area contributed by atoms with Crippen molar-refractivity contribution in [3.63, 3.8) is 0 Å². The molecule has 1 aromatic carbocycles. The molecule has 2 rings (SSSR count). The molecule has 1 atom stereocenters. The maximum Gasteiger partial charge on any atom is 0.240 e. The third kappa shape index (κ3) is 5.23. The van der Waals surface area contributed by atoms with E-state index in [0.29, 0.717) is 17.5 Å². The smallest absolute Gasteiger partial charge is 0.240 e. The molecule has 0 radical (unpaired) electrons. The second kappa shape index (κ2) is 7.77. The first kappa shape index (κ1) is 19.4. The van der Waals surface area contributed by atoms with Gasteiger partial charge in [-0.25, -0.2) is 13.1 Å². The summed E-state index contributed by atoms with van der Waals surface area (Å²) in [5, 5.41) is 3.37. The highest BCUT2D eigenvalue weighted by molar-refractivity contribution is 7.89. The monoisotopic (exact) mass is 346 g/mol. The second-order valence-electron chi connectivity index (χ2n) is 6.75. The highest BCUT2D eigenvalue weighted by atomic mass is 35.5. The summed E-state index contributed by atoms with van der Waals surface area (Å²) in [6.45, 7) is 7.88. The van der Waals surface area contributed by atoms with Crippen LogP contribution in [0.3, 0.4) is 0 Å². The van der Waals surface area contributed by atoms with E-state index in [1.54, 1.807) is 12.1 Å². The van der Waals surface area contributed by atoms with Crippen LogP contribution in [0.1, 0.15) is 45.6 Å². The predicted octanol–water partition coefficient (Wildman–Crippen LogP) is 2.83. The fourth-order valence-electron chi connectivity index (χ4n) is 2.59. The Morgan fingerprint density at radius 1 is 1.23 bits per heavy atom. The molecule has 1 aliphatic rings. The van der Waals surface area contributed by atoms with Gasteiger partial charge in [-0.3, -0.25) is 0 Å². The van der Waals surface area contributed by atoms with Crippen molar-refractivity contribution in [1.29, 1.82) is 0 Å². The summed E-state index contributed by atoms with van der Waals surface area (Å²) in [6, 6.07) is 7.63. The van der Waals surface area contributed by atoms with E-state index in [2.05, 4.69) is 30.8 Å². The Bertz CT molecular complexity index is 559. The maximum atomic E-state index is 12.2. The lowest BCUT2D eigenvalue weighted by atomic mass is 9.87. The molecular weight excluding hydrogens is 320 g/mol. The van der Waals surface area contributed by atoms with Gasteiger partial charge in [0.05, 0.1) is 4.90 Å². The topological polar surface area (TPSA) is 58.2 Å². The van der Waals surface area contributed by atoms with E-state index in [-0.39, 0.29) is 17.8 Å². The SMILES string of the molecule is CC(C)(C)c1ccc(S(=O)(=O)NCC[C@H]2CCCN2)cc1.Cl. The van der Waals surface area contributed by atoms with Gasteiger partial charge < -0.3 is 5.32 Å². The minimum atomic E-state index is -3.39. The Morgan fingerprint density at radius 3 is 2.36 bits per heavy atom. The van der Waals surface area contributed by atoms with E-state index in [1.807, 2.05) is 12.1 Å². The third-order valence-electron chi connectivity index (χ3n) is 3.98. The Morgan fingerprint density at radius 2 is 1.86 bits per heavy atom. The highest BCUT2D eigenvalue weighted by Crippen LogP contribution is 2.23. The van der Waals surface area contributed by atoms with Crippen molar-refractivity contribution in [2.45, 2.75) is 56.4 Å². The van der Waals surface area contributed by atoms with Gasteiger partial charge in [-0.2, -0.15) is 0 Å². The zero-order valence-electron chi connectivity index (χ0n) is 13.6. The predicted molar refractivity (Wildman–Crippen MR) is 93.2 cm³/mol. The highest BCUT2D eigenvalue weighted by Gasteiger charge is 2.18. The summed E-state index contributed by atoms with van der Waals surface area (Å²) in [5.74, 6) is 0. The fourth-order valence-corrected chi connectivity index (χ4v) is 3.64. The summed E-state index contributed by atoms with van der Waals surface area (Å²) in [7, 11) is -3.39. The Hall–Kier alpha value is -0.620. The van der Waals surface area contributed by atoms with Gasteiger partial charge in [0.15, 0.2) is 0 Å². The number of hydrogen-bond acceptors (Lipinski definition) is 3. The van der Waals surface area contributed by atoms with Crippen LogP contribution in [0.15, 0.2) is 29.2 Å². The molecule has 1 heterocycles. The van der Waals surface area contributed by atoms with Gasteiger partial charge in [0, 0.05) is 12.6 Å². The first-order valence-electron chi connectivity index (χ1n) is 7.63. The van der Waals surface area contributed by atoms with Crippen LogP contribution in [0.5, 0.6) is 0 Å². The normalized spacial score (nSPS) is 19.0. The summed E-state index contributed by atoms with van der Waals surface area (Å²) in [4.78, 5) is 0.342. The Balaban J connectivity index is 0.00000242. The molecule has 0 unspecified atom stereocenters. The minimum absolute atomic E-state index is 0. The first-order valence-corrected chi connectivity index (χ1v) is 9.11. The van der Waals surface area contributed by atoms with Gasteiger partial charge in [0.2, 0.25) is 10.0 Å². The molecule has 22 heavy (non-hydrogen) atoms. The van der Waals surface area contributed by atoms with E-state index in [4.69, 9.17) is 0 Å².